The molecule has 0 aliphatic rings. The van der Waals surface area contributed by atoms with Crippen LogP contribution in [0.5, 0.6) is 0 Å². The molecule has 0 saturated carbocycles. The Kier molecular flexibility index (Phi) is 4.71. The predicted octanol–water partition coefficient (Wildman–Crippen LogP) is 5.98. The second-order valence-electron chi connectivity index (χ2n) is 6.99. The van der Waals surface area contributed by atoms with Crippen molar-refractivity contribution in [2.45, 2.75) is 26.4 Å². The Bertz CT molecular complexity index is 857. The molecule has 3 aromatic rings. The van der Waals surface area contributed by atoms with Gasteiger partial charge < -0.3 is 4.74 Å². The lowest BCUT2D eigenvalue weighted by molar-refractivity contribution is 0.00696. The van der Waals surface area contributed by atoms with E-state index in [1.165, 1.54) is 11.1 Å². The van der Waals surface area contributed by atoms with E-state index in [9.17, 15) is 4.79 Å². The lowest BCUT2D eigenvalue weighted by Crippen LogP contribution is -2.23. The maximum Gasteiger partial charge on any atom is 0.338 e. The first-order chi connectivity index (χ1) is 11.9. The van der Waals surface area contributed by atoms with Gasteiger partial charge in [0, 0.05) is 0 Å². The van der Waals surface area contributed by atoms with Crippen LogP contribution in [0.25, 0.3) is 22.3 Å². The Balaban J connectivity index is 1.93. The Labute approximate surface area is 149 Å². The molecule has 0 bridgehead atoms. The Morgan fingerprint density at radius 2 is 1.16 bits per heavy atom. The molecule has 0 unspecified atom stereocenters. The molecular formula is C23H22O2. The molecule has 25 heavy (non-hydrogen) atoms. The summed E-state index contributed by atoms with van der Waals surface area (Å²) in [5.41, 5.74) is 4.64. The van der Waals surface area contributed by atoms with Gasteiger partial charge in [-0.05, 0) is 55.2 Å². The standard InChI is InChI=1S/C23H22O2/c1-23(2,3)25-22(24)19-15-13-18(14-16-19)21-12-8-7-11-20(21)17-9-5-4-6-10-17/h4-16H,1-3H3. The summed E-state index contributed by atoms with van der Waals surface area (Å²) in [7, 11) is 0. The molecule has 0 aromatic heterocycles. The highest BCUT2D eigenvalue weighted by molar-refractivity contribution is 5.91. The SMILES string of the molecule is CC(C)(C)OC(=O)c1ccc(-c2ccccc2-c2ccccc2)cc1. The van der Waals surface area contributed by atoms with Crippen LogP contribution in [-0.2, 0) is 4.74 Å². The molecule has 0 spiro atoms. The van der Waals surface area contributed by atoms with Crippen molar-refractivity contribution < 1.29 is 9.53 Å². The lowest BCUT2D eigenvalue weighted by atomic mass is 9.94. The van der Waals surface area contributed by atoms with Crippen molar-refractivity contribution in [3.63, 3.8) is 0 Å². The van der Waals surface area contributed by atoms with Gasteiger partial charge in [-0.15, -0.1) is 0 Å². The van der Waals surface area contributed by atoms with Crippen LogP contribution in [0.4, 0.5) is 0 Å². The molecule has 2 heteroatoms. The summed E-state index contributed by atoms with van der Waals surface area (Å²) in [6.45, 7) is 5.61. The largest absolute Gasteiger partial charge is 0.456 e. The zero-order valence-corrected chi connectivity index (χ0v) is 14.8. The van der Waals surface area contributed by atoms with Gasteiger partial charge in [-0.2, -0.15) is 0 Å². The molecule has 3 aromatic carbocycles. The zero-order valence-electron chi connectivity index (χ0n) is 14.8. The van der Waals surface area contributed by atoms with Gasteiger partial charge in [0.2, 0.25) is 0 Å². The molecule has 0 saturated heterocycles. The van der Waals surface area contributed by atoms with Crippen LogP contribution in [0.15, 0.2) is 78.9 Å². The molecule has 2 nitrogen and oxygen atoms in total. The fraction of sp³-hybridized carbons (Fsp3) is 0.174. The van der Waals surface area contributed by atoms with Gasteiger partial charge in [-0.1, -0.05) is 66.7 Å². The van der Waals surface area contributed by atoms with Crippen LogP contribution in [0.1, 0.15) is 31.1 Å². The normalized spacial score (nSPS) is 11.2. The Morgan fingerprint density at radius 1 is 0.680 bits per heavy atom. The summed E-state index contributed by atoms with van der Waals surface area (Å²) in [6, 6.07) is 26.2. The third-order valence-corrected chi connectivity index (χ3v) is 3.84. The fourth-order valence-electron chi connectivity index (χ4n) is 2.73. The van der Waals surface area contributed by atoms with Crippen molar-refractivity contribution in [1.29, 1.82) is 0 Å². The van der Waals surface area contributed by atoms with E-state index in [1.54, 1.807) is 0 Å². The van der Waals surface area contributed by atoms with E-state index in [0.29, 0.717) is 5.56 Å². The number of hydrogen-bond donors (Lipinski definition) is 0. The molecule has 0 fully saturated rings. The van der Waals surface area contributed by atoms with Gasteiger partial charge in [0.25, 0.3) is 0 Å². The van der Waals surface area contributed by atoms with Crippen LogP contribution >= 0.6 is 0 Å². The molecule has 3 rings (SSSR count). The topological polar surface area (TPSA) is 26.3 Å². The van der Waals surface area contributed by atoms with Crippen LogP contribution in [0.3, 0.4) is 0 Å². The highest BCUT2D eigenvalue weighted by Gasteiger charge is 2.18. The van der Waals surface area contributed by atoms with Gasteiger partial charge in [0.15, 0.2) is 0 Å². The van der Waals surface area contributed by atoms with Crippen molar-refractivity contribution in [3.05, 3.63) is 84.4 Å². The summed E-state index contributed by atoms with van der Waals surface area (Å²) in [4.78, 5) is 12.2. The van der Waals surface area contributed by atoms with Gasteiger partial charge in [-0.3, -0.25) is 0 Å². The number of esters is 1. The summed E-state index contributed by atoms with van der Waals surface area (Å²) in [5.74, 6) is -0.296. The third-order valence-electron chi connectivity index (χ3n) is 3.84. The summed E-state index contributed by atoms with van der Waals surface area (Å²) in [6.07, 6.45) is 0. The molecule has 0 atom stereocenters. The molecule has 0 N–H and O–H groups in total. The second kappa shape index (κ2) is 6.94. The van der Waals surface area contributed by atoms with E-state index in [4.69, 9.17) is 4.74 Å². The molecule has 0 radical (unpaired) electrons. The fourth-order valence-corrected chi connectivity index (χ4v) is 2.73. The second-order valence-corrected chi connectivity index (χ2v) is 6.99. The average molecular weight is 330 g/mol. The minimum Gasteiger partial charge on any atom is -0.456 e. The van der Waals surface area contributed by atoms with Crippen molar-refractivity contribution >= 4 is 5.97 Å². The lowest BCUT2D eigenvalue weighted by Gasteiger charge is -2.19. The van der Waals surface area contributed by atoms with E-state index in [1.807, 2.05) is 75.4 Å². The summed E-state index contributed by atoms with van der Waals surface area (Å²) >= 11 is 0. The van der Waals surface area contributed by atoms with Crippen LogP contribution < -0.4 is 0 Å². The van der Waals surface area contributed by atoms with E-state index >= 15 is 0 Å². The van der Waals surface area contributed by atoms with Crippen molar-refractivity contribution in [1.82, 2.24) is 0 Å². The minimum absolute atomic E-state index is 0.296. The first-order valence-electron chi connectivity index (χ1n) is 8.42. The monoisotopic (exact) mass is 330 g/mol. The average Bonchev–Trinajstić information content (AvgIpc) is 2.61. The van der Waals surface area contributed by atoms with Crippen molar-refractivity contribution in [2.75, 3.05) is 0 Å². The zero-order chi connectivity index (χ0) is 17.9. The summed E-state index contributed by atoms with van der Waals surface area (Å²) in [5, 5.41) is 0. The Hall–Kier alpha value is -2.87. The highest BCUT2D eigenvalue weighted by Crippen LogP contribution is 2.32. The van der Waals surface area contributed by atoms with Gasteiger partial charge >= 0.3 is 5.97 Å². The molecule has 126 valence electrons. The van der Waals surface area contributed by atoms with E-state index in [2.05, 4.69) is 24.3 Å². The van der Waals surface area contributed by atoms with Gasteiger partial charge in [0.05, 0.1) is 5.56 Å². The minimum atomic E-state index is -0.490. The number of rotatable bonds is 3. The molecular weight excluding hydrogens is 308 g/mol. The Morgan fingerprint density at radius 3 is 1.68 bits per heavy atom. The molecule has 0 heterocycles. The molecule has 0 amide bonds. The van der Waals surface area contributed by atoms with E-state index < -0.39 is 5.60 Å². The number of benzene rings is 3. The van der Waals surface area contributed by atoms with Gasteiger partial charge in [0.1, 0.15) is 5.60 Å². The first-order valence-corrected chi connectivity index (χ1v) is 8.42. The summed E-state index contributed by atoms with van der Waals surface area (Å²) < 4.78 is 5.42. The van der Waals surface area contributed by atoms with Crippen molar-refractivity contribution in [3.8, 4) is 22.3 Å². The highest BCUT2D eigenvalue weighted by atomic mass is 16.6. The maximum atomic E-state index is 12.2. The number of ether oxygens (including phenoxy) is 1. The molecule has 0 aliphatic heterocycles. The predicted molar refractivity (Wildman–Crippen MR) is 102 cm³/mol. The third kappa shape index (κ3) is 4.16. The first kappa shape index (κ1) is 17.0. The van der Waals surface area contributed by atoms with E-state index in [-0.39, 0.29) is 5.97 Å². The van der Waals surface area contributed by atoms with Crippen LogP contribution in [0, 0.1) is 0 Å². The molecule has 0 aliphatic carbocycles. The quantitative estimate of drug-likeness (QED) is 0.552. The van der Waals surface area contributed by atoms with Crippen LogP contribution in [-0.4, -0.2) is 11.6 Å². The number of carbonyl (C=O) groups is 1. The number of hydrogen-bond acceptors (Lipinski definition) is 2. The van der Waals surface area contributed by atoms with E-state index in [0.717, 1.165) is 11.1 Å². The van der Waals surface area contributed by atoms with Gasteiger partial charge in [-0.25, -0.2) is 4.79 Å². The maximum absolute atomic E-state index is 12.2. The van der Waals surface area contributed by atoms with Crippen molar-refractivity contribution in [2.24, 2.45) is 0 Å². The smallest absolute Gasteiger partial charge is 0.338 e. The van der Waals surface area contributed by atoms with Crippen LogP contribution in [0.2, 0.25) is 0 Å². The number of carbonyl (C=O) groups excluding carboxylic acids is 1.